The lowest BCUT2D eigenvalue weighted by Crippen LogP contribution is -2.37. The van der Waals surface area contributed by atoms with Gasteiger partial charge in [0, 0.05) is 21.7 Å². The largest absolute Gasteiger partial charge is 0.316 e. The van der Waals surface area contributed by atoms with Gasteiger partial charge in [0.2, 0.25) is 0 Å². The van der Waals surface area contributed by atoms with Gasteiger partial charge in [-0.05, 0) is 44.0 Å². The summed E-state index contributed by atoms with van der Waals surface area (Å²) in [6.45, 7) is 0. The molecule has 0 saturated heterocycles. The first kappa shape index (κ1) is 14.0. The van der Waals surface area contributed by atoms with Gasteiger partial charge in [-0.1, -0.05) is 30.5 Å². The Bertz CT molecular complexity index is 418. The van der Waals surface area contributed by atoms with E-state index in [4.69, 9.17) is 11.6 Å². The van der Waals surface area contributed by atoms with E-state index in [2.05, 4.69) is 5.32 Å². The summed E-state index contributed by atoms with van der Waals surface area (Å²) in [7, 11) is 1.00. The predicted octanol–water partition coefficient (Wildman–Crippen LogP) is 3.23. The van der Waals surface area contributed by atoms with Gasteiger partial charge in [0.05, 0.1) is 10.8 Å². The fourth-order valence-corrected chi connectivity index (χ4v) is 4.38. The smallest absolute Gasteiger partial charge is 0.0545 e. The Hall–Kier alpha value is -0.380. The minimum absolute atomic E-state index is 0.354. The molecule has 100 valence electrons. The third-order valence-electron chi connectivity index (χ3n) is 3.73. The number of nitrogens with one attached hydrogen (secondary N) is 1. The van der Waals surface area contributed by atoms with E-state index in [1.54, 1.807) is 6.07 Å². The molecule has 2 atom stereocenters. The Morgan fingerprint density at radius 3 is 2.78 bits per heavy atom. The predicted molar refractivity (Wildman–Crippen MR) is 77.5 cm³/mol. The third kappa shape index (κ3) is 3.56. The molecule has 0 radical (unpaired) electrons. The van der Waals surface area contributed by atoms with Crippen LogP contribution in [0.15, 0.2) is 29.2 Å². The van der Waals surface area contributed by atoms with Gasteiger partial charge < -0.3 is 5.32 Å². The van der Waals surface area contributed by atoms with E-state index < -0.39 is 10.8 Å². The zero-order chi connectivity index (χ0) is 13.0. The first-order valence-corrected chi connectivity index (χ1v) is 8.21. The minimum Gasteiger partial charge on any atom is -0.316 e. The molecule has 1 saturated carbocycles. The van der Waals surface area contributed by atoms with Gasteiger partial charge in [-0.15, -0.1) is 0 Å². The first-order valence-electron chi connectivity index (χ1n) is 6.52. The molecule has 2 unspecified atom stereocenters. The fourth-order valence-electron chi connectivity index (χ4n) is 2.68. The lowest BCUT2D eigenvalue weighted by molar-refractivity contribution is 0.408. The van der Waals surface area contributed by atoms with E-state index in [0.717, 1.165) is 4.90 Å². The molecule has 0 aliphatic heterocycles. The molecule has 0 amide bonds. The summed E-state index contributed by atoms with van der Waals surface area (Å²) in [5.41, 5.74) is 0. The van der Waals surface area contributed by atoms with Crippen molar-refractivity contribution >= 4 is 22.4 Å². The number of hydrogen-bond acceptors (Lipinski definition) is 2. The molecule has 1 fully saturated rings. The average Bonchev–Trinajstić information content (AvgIpc) is 2.89. The molecule has 1 aliphatic carbocycles. The van der Waals surface area contributed by atoms with Gasteiger partial charge in [0.25, 0.3) is 0 Å². The topological polar surface area (TPSA) is 29.1 Å². The maximum atomic E-state index is 12.3. The van der Waals surface area contributed by atoms with Gasteiger partial charge in [-0.2, -0.15) is 0 Å². The zero-order valence-corrected chi connectivity index (χ0v) is 12.3. The van der Waals surface area contributed by atoms with Crippen molar-refractivity contribution in [1.29, 1.82) is 0 Å². The molecule has 4 heteroatoms. The van der Waals surface area contributed by atoms with Crippen molar-refractivity contribution < 1.29 is 4.21 Å². The van der Waals surface area contributed by atoms with Crippen molar-refractivity contribution in [2.24, 2.45) is 5.92 Å². The number of rotatable bonds is 5. The van der Waals surface area contributed by atoms with Gasteiger partial charge in [-0.25, -0.2) is 0 Å². The van der Waals surface area contributed by atoms with E-state index in [1.165, 1.54) is 25.7 Å². The second kappa shape index (κ2) is 6.69. The lowest BCUT2D eigenvalue weighted by Gasteiger charge is -2.22. The summed E-state index contributed by atoms with van der Waals surface area (Å²) in [5.74, 6) is 1.36. The molecule has 0 heterocycles. The van der Waals surface area contributed by atoms with Crippen LogP contribution in [-0.4, -0.2) is 23.1 Å². The van der Waals surface area contributed by atoms with Crippen molar-refractivity contribution in [2.45, 2.75) is 36.6 Å². The highest BCUT2D eigenvalue weighted by Crippen LogP contribution is 2.28. The van der Waals surface area contributed by atoms with E-state index >= 15 is 0 Å². The van der Waals surface area contributed by atoms with Crippen LogP contribution in [0.4, 0.5) is 0 Å². The molecule has 0 bridgehead atoms. The van der Waals surface area contributed by atoms with Crippen LogP contribution in [0.2, 0.25) is 5.02 Å². The van der Waals surface area contributed by atoms with Crippen LogP contribution in [0.25, 0.3) is 0 Å². The van der Waals surface area contributed by atoms with Crippen LogP contribution < -0.4 is 5.32 Å². The van der Waals surface area contributed by atoms with Crippen LogP contribution in [0, 0.1) is 5.92 Å². The molecule has 2 rings (SSSR count). The summed E-state index contributed by atoms with van der Waals surface area (Å²) >= 11 is 5.94. The van der Waals surface area contributed by atoms with E-state index in [9.17, 15) is 4.21 Å². The number of hydrogen-bond donors (Lipinski definition) is 1. The number of benzene rings is 1. The molecule has 1 N–H and O–H groups in total. The van der Waals surface area contributed by atoms with Gasteiger partial charge in [0.1, 0.15) is 0 Å². The highest BCUT2D eigenvalue weighted by atomic mass is 35.5. The van der Waals surface area contributed by atoms with Crippen molar-refractivity contribution in [2.75, 3.05) is 12.8 Å². The Kier molecular flexibility index (Phi) is 5.22. The second-order valence-corrected chi connectivity index (χ2v) is 6.84. The Morgan fingerprint density at radius 2 is 2.17 bits per heavy atom. The van der Waals surface area contributed by atoms with Crippen molar-refractivity contribution in [3.8, 4) is 0 Å². The van der Waals surface area contributed by atoms with Crippen molar-refractivity contribution in [3.63, 3.8) is 0 Å². The van der Waals surface area contributed by atoms with Crippen molar-refractivity contribution in [1.82, 2.24) is 5.32 Å². The summed E-state index contributed by atoms with van der Waals surface area (Å²) in [5, 5.41) is 3.99. The van der Waals surface area contributed by atoms with Crippen LogP contribution in [0.1, 0.15) is 25.7 Å². The van der Waals surface area contributed by atoms with Crippen LogP contribution in [0.5, 0.6) is 0 Å². The maximum Gasteiger partial charge on any atom is 0.0545 e. The SMILES string of the molecule is CNC(CS(=O)c1cccc(Cl)c1)C1CCCC1. The first-order chi connectivity index (χ1) is 8.70. The highest BCUT2D eigenvalue weighted by Gasteiger charge is 2.25. The molecule has 0 spiro atoms. The summed E-state index contributed by atoms with van der Waals surface area (Å²) in [6, 6.07) is 7.73. The Morgan fingerprint density at radius 1 is 1.44 bits per heavy atom. The number of halogens is 1. The van der Waals surface area contributed by atoms with Gasteiger partial charge in [-0.3, -0.25) is 4.21 Å². The summed E-state index contributed by atoms with van der Waals surface area (Å²) < 4.78 is 12.3. The monoisotopic (exact) mass is 285 g/mol. The molecule has 2 nitrogen and oxygen atoms in total. The minimum atomic E-state index is -0.967. The summed E-state index contributed by atoms with van der Waals surface area (Å²) in [6.07, 6.45) is 5.15. The second-order valence-electron chi connectivity index (χ2n) is 4.91. The van der Waals surface area contributed by atoms with E-state index in [0.29, 0.717) is 22.7 Å². The summed E-state index contributed by atoms with van der Waals surface area (Å²) in [4.78, 5) is 0.834. The van der Waals surface area contributed by atoms with Crippen LogP contribution >= 0.6 is 11.6 Å². The van der Waals surface area contributed by atoms with Crippen LogP contribution in [-0.2, 0) is 10.8 Å². The van der Waals surface area contributed by atoms with Crippen molar-refractivity contribution in [3.05, 3.63) is 29.3 Å². The molecule has 1 aromatic carbocycles. The van der Waals surface area contributed by atoms with E-state index in [-0.39, 0.29) is 0 Å². The zero-order valence-electron chi connectivity index (χ0n) is 10.7. The molecular weight excluding hydrogens is 266 g/mol. The highest BCUT2D eigenvalue weighted by molar-refractivity contribution is 7.85. The fraction of sp³-hybridized carbons (Fsp3) is 0.571. The molecular formula is C14H20ClNOS. The van der Waals surface area contributed by atoms with Crippen LogP contribution in [0.3, 0.4) is 0 Å². The quantitative estimate of drug-likeness (QED) is 0.900. The standard InChI is InChI=1S/C14H20ClNOS/c1-16-14(11-5-2-3-6-11)10-18(17)13-8-4-7-12(15)9-13/h4,7-9,11,14,16H,2-3,5-6,10H2,1H3. The van der Waals surface area contributed by atoms with Gasteiger partial charge >= 0.3 is 0 Å². The lowest BCUT2D eigenvalue weighted by atomic mass is 10.0. The third-order valence-corrected chi connectivity index (χ3v) is 5.41. The van der Waals surface area contributed by atoms with E-state index in [1.807, 2.05) is 25.2 Å². The normalized spacial score (nSPS) is 19.9. The molecule has 1 aromatic rings. The Labute approximate surface area is 117 Å². The van der Waals surface area contributed by atoms with Gasteiger partial charge in [0.15, 0.2) is 0 Å². The maximum absolute atomic E-state index is 12.3. The average molecular weight is 286 g/mol. The molecule has 18 heavy (non-hydrogen) atoms. The molecule has 1 aliphatic rings. The Balaban J connectivity index is 2.00. The molecule has 0 aromatic heterocycles.